The Morgan fingerprint density at radius 3 is 2.94 bits per heavy atom. The number of rotatable bonds is 2. The molecule has 0 aromatic carbocycles. The predicted molar refractivity (Wildman–Crippen MR) is 67.7 cm³/mol. The van der Waals surface area contributed by atoms with Crippen LogP contribution in [0.1, 0.15) is 21.1 Å². The monoisotopic (exact) mass is 262 g/mol. The number of fused-ring (bicyclic) bond motifs is 1. The molecule has 0 saturated carbocycles. The molecule has 0 spiro atoms. The molecule has 2 N–H and O–H groups in total. The predicted octanol–water partition coefficient (Wildman–Crippen LogP) is 0.719. The van der Waals surface area contributed by atoms with Crippen molar-refractivity contribution in [1.29, 1.82) is 5.26 Å². The summed E-state index contributed by atoms with van der Waals surface area (Å²) in [5.74, 6) is 0.0800. The van der Waals surface area contributed by atoms with E-state index in [9.17, 15) is 9.59 Å². The van der Waals surface area contributed by atoms with Gasteiger partial charge >= 0.3 is 0 Å². The second-order valence-corrected chi connectivity index (χ2v) is 4.66. The van der Waals surface area contributed by atoms with Gasteiger partial charge in [-0.1, -0.05) is 0 Å². The molecule has 92 valence electrons. The molecule has 2 aromatic heterocycles. The SMILES string of the molecule is CNC(=O)c1sc2nc(CC#N)[nH]c(=O)c2c1C. The minimum atomic E-state index is -0.311. The second-order valence-electron chi connectivity index (χ2n) is 3.66. The molecular formula is C11H10N4O2S. The van der Waals surface area contributed by atoms with Gasteiger partial charge in [0.2, 0.25) is 0 Å². The van der Waals surface area contributed by atoms with Gasteiger partial charge in [-0.05, 0) is 12.5 Å². The molecule has 0 fully saturated rings. The van der Waals surface area contributed by atoms with Crippen molar-refractivity contribution in [3.8, 4) is 6.07 Å². The molecule has 0 aliphatic rings. The van der Waals surface area contributed by atoms with Crippen molar-refractivity contribution in [1.82, 2.24) is 15.3 Å². The molecule has 0 radical (unpaired) electrons. The Bertz CT molecular complexity index is 723. The first-order valence-electron chi connectivity index (χ1n) is 5.19. The maximum absolute atomic E-state index is 11.9. The van der Waals surface area contributed by atoms with Crippen molar-refractivity contribution in [2.45, 2.75) is 13.3 Å². The zero-order valence-corrected chi connectivity index (χ0v) is 10.6. The number of aryl methyl sites for hydroxylation is 1. The Balaban J connectivity index is 2.73. The number of hydrogen-bond donors (Lipinski definition) is 2. The number of nitrogens with zero attached hydrogens (tertiary/aromatic N) is 2. The van der Waals surface area contributed by atoms with Gasteiger partial charge < -0.3 is 10.3 Å². The minimum absolute atomic E-state index is 0.0391. The van der Waals surface area contributed by atoms with E-state index in [0.29, 0.717) is 26.5 Å². The number of thiophene rings is 1. The van der Waals surface area contributed by atoms with E-state index in [1.807, 2.05) is 6.07 Å². The lowest BCUT2D eigenvalue weighted by atomic mass is 10.2. The van der Waals surface area contributed by atoms with Crippen molar-refractivity contribution >= 4 is 27.5 Å². The summed E-state index contributed by atoms with van der Waals surface area (Å²) in [4.78, 5) is 31.2. The van der Waals surface area contributed by atoms with E-state index in [1.165, 1.54) is 7.05 Å². The molecule has 0 saturated heterocycles. The van der Waals surface area contributed by atoms with Crippen LogP contribution in [0.2, 0.25) is 0 Å². The summed E-state index contributed by atoms with van der Waals surface area (Å²) in [6.07, 6.45) is 0.0391. The van der Waals surface area contributed by atoms with Crippen LogP contribution in [0, 0.1) is 18.3 Å². The number of hydrogen-bond acceptors (Lipinski definition) is 5. The van der Waals surface area contributed by atoms with Crippen LogP contribution in [-0.4, -0.2) is 22.9 Å². The molecule has 2 aromatic rings. The van der Waals surface area contributed by atoms with Gasteiger partial charge in [-0.2, -0.15) is 5.26 Å². The summed E-state index contributed by atoms with van der Waals surface area (Å²) in [6.45, 7) is 1.71. The second kappa shape index (κ2) is 4.58. The Morgan fingerprint density at radius 2 is 2.33 bits per heavy atom. The zero-order valence-electron chi connectivity index (χ0n) is 9.83. The molecule has 1 amide bonds. The molecule has 7 heteroatoms. The van der Waals surface area contributed by atoms with Crippen LogP contribution in [0.4, 0.5) is 0 Å². The van der Waals surface area contributed by atoms with Gasteiger partial charge in [-0.15, -0.1) is 11.3 Å². The highest BCUT2D eigenvalue weighted by Gasteiger charge is 2.18. The van der Waals surface area contributed by atoms with E-state index in [1.54, 1.807) is 6.92 Å². The highest BCUT2D eigenvalue weighted by atomic mass is 32.1. The number of amides is 1. The maximum Gasteiger partial charge on any atom is 0.261 e. The van der Waals surface area contributed by atoms with E-state index in [4.69, 9.17) is 5.26 Å². The highest BCUT2D eigenvalue weighted by Crippen LogP contribution is 2.26. The van der Waals surface area contributed by atoms with Gasteiger partial charge in [0.15, 0.2) is 0 Å². The zero-order chi connectivity index (χ0) is 13.3. The molecule has 0 unspecified atom stereocenters. The summed E-state index contributed by atoms with van der Waals surface area (Å²) in [7, 11) is 1.53. The molecule has 0 bridgehead atoms. The number of aromatic amines is 1. The smallest absolute Gasteiger partial charge is 0.261 e. The Labute approximate surface area is 106 Å². The van der Waals surface area contributed by atoms with Crippen LogP contribution >= 0.6 is 11.3 Å². The van der Waals surface area contributed by atoms with Crippen LogP contribution in [0.25, 0.3) is 10.2 Å². The molecule has 18 heavy (non-hydrogen) atoms. The highest BCUT2D eigenvalue weighted by molar-refractivity contribution is 7.20. The standard InChI is InChI=1S/C11H10N4O2S/c1-5-7-9(16)14-6(3-4-12)15-11(7)18-8(5)10(17)13-2/h3H2,1-2H3,(H,13,17)(H,14,15,16). The normalized spacial score (nSPS) is 10.3. The first kappa shape index (κ1) is 12.3. The largest absolute Gasteiger partial charge is 0.354 e. The minimum Gasteiger partial charge on any atom is -0.354 e. The van der Waals surface area contributed by atoms with Crippen molar-refractivity contribution in [2.24, 2.45) is 0 Å². The molecule has 2 heterocycles. The third kappa shape index (κ3) is 1.87. The number of nitriles is 1. The lowest BCUT2D eigenvalue weighted by Gasteiger charge is -1.96. The fourth-order valence-corrected chi connectivity index (χ4v) is 2.82. The first-order valence-corrected chi connectivity index (χ1v) is 6.01. The van der Waals surface area contributed by atoms with Crippen LogP contribution in [0.5, 0.6) is 0 Å². The van der Waals surface area contributed by atoms with Crippen LogP contribution < -0.4 is 10.9 Å². The molecule has 6 nitrogen and oxygen atoms in total. The molecule has 0 aliphatic heterocycles. The summed E-state index contributed by atoms with van der Waals surface area (Å²) < 4.78 is 0. The molecule has 0 atom stereocenters. The van der Waals surface area contributed by atoms with Crippen molar-refractivity contribution in [3.05, 3.63) is 26.6 Å². The third-order valence-corrected chi connectivity index (χ3v) is 3.71. The number of H-pyrrole nitrogens is 1. The first-order chi connectivity index (χ1) is 8.58. The van der Waals surface area contributed by atoms with Crippen molar-refractivity contribution in [3.63, 3.8) is 0 Å². The van der Waals surface area contributed by atoms with Gasteiger partial charge in [0.05, 0.1) is 22.8 Å². The summed E-state index contributed by atoms with van der Waals surface area (Å²) in [5, 5.41) is 11.5. The maximum atomic E-state index is 11.9. The Morgan fingerprint density at radius 1 is 1.61 bits per heavy atom. The van der Waals surface area contributed by atoms with Crippen molar-refractivity contribution in [2.75, 3.05) is 7.05 Å². The fraction of sp³-hybridized carbons (Fsp3) is 0.273. The topological polar surface area (TPSA) is 98.6 Å². The third-order valence-electron chi connectivity index (χ3n) is 2.53. The van der Waals surface area contributed by atoms with E-state index < -0.39 is 0 Å². The van der Waals surface area contributed by atoms with E-state index in [0.717, 1.165) is 11.3 Å². The van der Waals surface area contributed by atoms with Gasteiger partial charge in [-0.3, -0.25) is 9.59 Å². The van der Waals surface area contributed by atoms with E-state index in [2.05, 4.69) is 15.3 Å². The van der Waals surface area contributed by atoms with E-state index in [-0.39, 0.29) is 17.9 Å². The van der Waals surface area contributed by atoms with Crippen LogP contribution in [0.15, 0.2) is 4.79 Å². The summed E-state index contributed by atoms with van der Waals surface area (Å²) in [5.41, 5.74) is 0.306. The molecular weight excluding hydrogens is 252 g/mol. The van der Waals surface area contributed by atoms with Crippen LogP contribution in [-0.2, 0) is 6.42 Å². The quantitative estimate of drug-likeness (QED) is 0.833. The number of carbonyl (C=O) groups excluding carboxylic acids is 1. The number of nitrogens with one attached hydrogen (secondary N) is 2. The Hall–Kier alpha value is -2.20. The molecule has 0 aliphatic carbocycles. The van der Waals surface area contributed by atoms with Gasteiger partial charge in [-0.25, -0.2) is 4.98 Å². The fourth-order valence-electron chi connectivity index (χ4n) is 1.68. The summed E-state index contributed by atoms with van der Waals surface area (Å²) in [6, 6.07) is 1.92. The van der Waals surface area contributed by atoms with Gasteiger partial charge in [0, 0.05) is 7.05 Å². The summed E-state index contributed by atoms with van der Waals surface area (Å²) >= 11 is 1.16. The Kier molecular flexibility index (Phi) is 3.12. The van der Waals surface area contributed by atoms with Gasteiger partial charge in [0.25, 0.3) is 11.5 Å². The van der Waals surface area contributed by atoms with Crippen LogP contribution in [0.3, 0.4) is 0 Å². The van der Waals surface area contributed by atoms with E-state index >= 15 is 0 Å². The number of aromatic nitrogens is 2. The molecule has 2 rings (SSSR count). The average Bonchev–Trinajstić information content (AvgIpc) is 2.66. The lowest BCUT2D eigenvalue weighted by Crippen LogP contribution is -2.17. The average molecular weight is 262 g/mol. The lowest BCUT2D eigenvalue weighted by molar-refractivity contribution is 0.0966. The van der Waals surface area contributed by atoms with Crippen molar-refractivity contribution < 1.29 is 4.79 Å². The number of carbonyl (C=O) groups is 1. The van der Waals surface area contributed by atoms with Gasteiger partial charge in [0.1, 0.15) is 10.7 Å².